The van der Waals surface area contributed by atoms with Crippen molar-refractivity contribution in [3.05, 3.63) is 77.4 Å². The minimum atomic E-state index is -0.937. The molecule has 2 aliphatic rings. The minimum absolute atomic E-state index is 0.0704. The maximum atomic E-state index is 15.2. The van der Waals surface area contributed by atoms with Gasteiger partial charge in [-0.1, -0.05) is 18.7 Å². The van der Waals surface area contributed by atoms with Gasteiger partial charge in [-0.15, -0.1) is 0 Å². The van der Waals surface area contributed by atoms with Crippen LogP contribution in [-0.2, 0) is 18.6 Å². The van der Waals surface area contributed by atoms with Gasteiger partial charge in [-0.05, 0) is 43.5 Å². The van der Waals surface area contributed by atoms with Gasteiger partial charge in [-0.2, -0.15) is 0 Å². The Balaban J connectivity index is 1.32. The van der Waals surface area contributed by atoms with Gasteiger partial charge in [0.1, 0.15) is 11.8 Å². The van der Waals surface area contributed by atoms with Gasteiger partial charge >= 0.3 is 0 Å². The second-order valence-electron chi connectivity index (χ2n) is 9.54. The van der Waals surface area contributed by atoms with Gasteiger partial charge < -0.3 is 14.9 Å². The number of ether oxygens (including phenoxy) is 1. The second kappa shape index (κ2) is 8.76. The fourth-order valence-electron chi connectivity index (χ4n) is 5.31. The molecule has 0 spiro atoms. The first-order chi connectivity index (χ1) is 17.8. The summed E-state index contributed by atoms with van der Waals surface area (Å²) in [5.74, 6) is -0.990. The van der Waals surface area contributed by atoms with Crippen LogP contribution in [0, 0.1) is 17.6 Å². The number of oxazole rings is 1. The number of hydrogen-bond donors (Lipinski definition) is 1. The second-order valence-corrected chi connectivity index (χ2v) is 11.0. The van der Waals surface area contributed by atoms with E-state index in [1.807, 2.05) is 6.92 Å². The van der Waals surface area contributed by atoms with E-state index < -0.39 is 17.2 Å². The topological polar surface area (TPSA) is 112 Å². The predicted octanol–water partition coefficient (Wildman–Crippen LogP) is 4.91. The number of hydrogen-bond acceptors (Lipinski definition) is 9. The molecule has 11 heteroatoms. The maximum Gasteiger partial charge on any atom is 0.233 e. The number of thioether (sulfide) groups is 1. The molecular weight excluding hydrogens is 498 g/mol. The number of benzene rings is 1. The molecule has 2 unspecified atom stereocenters. The molecule has 3 aromatic heterocycles. The van der Waals surface area contributed by atoms with Crippen LogP contribution in [0.3, 0.4) is 0 Å². The van der Waals surface area contributed by atoms with Crippen LogP contribution in [0.15, 0.2) is 52.5 Å². The van der Waals surface area contributed by atoms with E-state index in [0.29, 0.717) is 39.2 Å². The van der Waals surface area contributed by atoms with E-state index in [-0.39, 0.29) is 29.3 Å². The zero-order chi connectivity index (χ0) is 25.8. The largest absolute Gasteiger partial charge is 0.467 e. The molecule has 1 fully saturated rings. The molecule has 6 rings (SSSR count). The van der Waals surface area contributed by atoms with Gasteiger partial charge in [0.15, 0.2) is 23.4 Å². The van der Waals surface area contributed by atoms with Crippen LogP contribution in [0.25, 0.3) is 11.0 Å². The number of pyridine rings is 1. The zero-order valence-electron chi connectivity index (χ0n) is 20.2. The van der Waals surface area contributed by atoms with E-state index >= 15 is 4.39 Å². The highest BCUT2D eigenvalue weighted by molar-refractivity contribution is 8.15. The normalized spacial score (nSPS) is 24.5. The Labute approximate surface area is 215 Å². The molecule has 0 amide bonds. The Morgan fingerprint density at radius 1 is 1.22 bits per heavy atom. The van der Waals surface area contributed by atoms with Crippen molar-refractivity contribution in [2.24, 2.45) is 16.6 Å². The molecule has 37 heavy (non-hydrogen) atoms. The van der Waals surface area contributed by atoms with Crippen LogP contribution in [0.1, 0.15) is 49.4 Å². The van der Waals surface area contributed by atoms with Crippen molar-refractivity contribution in [3.8, 4) is 5.88 Å². The van der Waals surface area contributed by atoms with Gasteiger partial charge in [-0.3, -0.25) is 9.98 Å². The summed E-state index contributed by atoms with van der Waals surface area (Å²) in [6.45, 7) is 4.06. The molecule has 1 aliphatic carbocycles. The van der Waals surface area contributed by atoms with Crippen LogP contribution in [0.5, 0.6) is 5.88 Å². The molecule has 3 atom stereocenters. The lowest BCUT2D eigenvalue weighted by molar-refractivity contribution is 0.253. The zero-order valence-corrected chi connectivity index (χ0v) is 21.1. The molecule has 1 saturated carbocycles. The highest BCUT2D eigenvalue weighted by atomic mass is 32.2. The van der Waals surface area contributed by atoms with Crippen molar-refractivity contribution in [2.45, 2.75) is 50.0 Å². The molecule has 1 aromatic carbocycles. The summed E-state index contributed by atoms with van der Waals surface area (Å²) in [6, 6.07) is 4.61. The highest BCUT2D eigenvalue weighted by Crippen LogP contribution is 2.67. The van der Waals surface area contributed by atoms with E-state index in [4.69, 9.17) is 14.9 Å². The number of nitrogens with zero attached hydrogens (tertiary/aromatic N) is 5. The van der Waals surface area contributed by atoms with Gasteiger partial charge in [0.05, 0.1) is 29.1 Å². The van der Waals surface area contributed by atoms with E-state index in [2.05, 4.69) is 31.9 Å². The first kappa shape index (κ1) is 23.8. The summed E-state index contributed by atoms with van der Waals surface area (Å²) in [5, 5.41) is 0.412. The Kier molecular flexibility index (Phi) is 5.63. The lowest BCUT2D eigenvalue weighted by atomic mass is 9.84. The Morgan fingerprint density at radius 2 is 2.08 bits per heavy atom. The lowest BCUT2D eigenvalue weighted by Gasteiger charge is -2.34. The first-order valence-electron chi connectivity index (χ1n) is 12.0. The molecule has 4 aromatic rings. The quantitative estimate of drug-likeness (QED) is 0.365. The minimum Gasteiger partial charge on any atom is -0.467 e. The average Bonchev–Trinajstić information content (AvgIpc) is 3.39. The summed E-state index contributed by atoms with van der Waals surface area (Å²) in [5.41, 5.74) is 7.70. The Morgan fingerprint density at radius 3 is 2.86 bits per heavy atom. The van der Waals surface area contributed by atoms with Gasteiger partial charge in [0.2, 0.25) is 11.8 Å². The summed E-state index contributed by atoms with van der Waals surface area (Å²) in [4.78, 5) is 22.1. The Bertz CT molecular complexity index is 1530. The van der Waals surface area contributed by atoms with Crippen molar-refractivity contribution in [1.29, 1.82) is 0 Å². The molecular formula is C26H24F2N6O2S. The third-order valence-corrected chi connectivity index (χ3v) is 8.74. The molecule has 190 valence electrons. The molecule has 2 N–H and O–H groups in total. The number of fused-ring (bicyclic) bond motifs is 2. The van der Waals surface area contributed by atoms with Crippen molar-refractivity contribution < 1.29 is 17.9 Å². The van der Waals surface area contributed by atoms with Gasteiger partial charge in [-0.25, -0.2) is 23.7 Å². The number of halogens is 2. The van der Waals surface area contributed by atoms with Crippen molar-refractivity contribution in [3.63, 3.8) is 0 Å². The molecule has 1 aliphatic heterocycles. The molecule has 0 bridgehead atoms. The number of rotatable bonds is 7. The maximum absolute atomic E-state index is 15.2. The third kappa shape index (κ3) is 4.11. The van der Waals surface area contributed by atoms with Crippen LogP contribution >= 0.6 is 11.8 Å². The van der Waals surface area contributed by atoms with Crippen molar-refractivity contribution in [2.75, 3.05) is 0 Å². The summed E-state index contributed by atoms with van der Waals surface area (Å²) in [7, 11) is 0. The fraction of sp³-hybridized carbons (Fsp3) is 0.346. The number of amidine groups is 1. The predicted molar refractivity (Wildman–Crippen MR) is 135 cm³/mol. The van der Waals surface area contributed by atoms with Crippen LogP contribution in [-0.4, -0.2) is 29.9 Å². The van der Waals surface area contributed by atoms with E-state index in [9.17, 15) is 4.39 Å². The number of nitrogens with two attached hydrogens (primary N) is 1. The van der Waals surface area contributed by atoms with E-state index in [0.717, 1.165) is 12.8 Å². The monoisotopic (exact) mass is 522 g/mol. The standard InChI is InChI=1S/C26H24F2N6O2S/c1-3-26-11-19(26)25(2,34-24(29)37-26)15-8-14(9-16(27)22(15)28)10-18-23-17(4-5-30-18)33-20(12-32-23)36-13-21-31-6-7-35-21/h4-9,12,19H,3,10-11,13H2,1-2H3,(H2,29,34)/t19?,25-,26?/m1/s1. The van der Waals surface area contributed by atoms with Crippen LogP contribution in [0.4, 0.5) is 8.78 Å². The SMILES string of the molecule is CCC12CC1[C@@](C)(c1cc(Cc3nccc4nc(OCc5ncco5)cnc34)cc(F)c1F)N=C(N)S2. The smallest absolute Gasteiger partial charge is 0.233 e. The van der Waals surface area contributed by atoms with Crippen molar-refractivity contribution in [1.82, 2.24) is 19.9 Å². The Hall–Kier alpha value is -3.60. The fourth-order valence-corrected chi connectivity index (χ4v) is 6.73. The summed E-state index contributed by atoms with van der Waals surface area (Å²) < 4.78 is 40.8. The van der Waals surface area contributed by atoms with Gasteiger partial charge in [0, 0.05) is 28.8 Å². The molecule has 0 radical (unpaired) electrons. The number of aliphatic imine (C=N–C) groups is 1. The third-order valence-electron chi connectivity index (χ3n) is 7.30. The van der Waals surface area contributed by atoms with Crippen LogP contribution < -0.4 is 10.5 Å². The molecule has 0 saturated heterocycles. The van der Waals surface area contributed by atoms with Crippen molar-refractivity contribution >= 4 is 28.0 Å². The van der Waals surface area contributed by atoms with Crippen LogP contribution in [0.2, 0.25) is 0 Å². The number of aromatic nitrogens is 4. The molecule has 4 heterocycles. The highest BCUT2D eigenvalue weighted by Gasteiger charge is 2.65. The lowest BCUT2D eigenvalue weighted by Crippen LogP contribution is -2.36. The van der Waals surface area contributed by atoms with Gasteiger partial charge in [0.25, 0.3) is 0 Å². The average molecular weight is 523 g/mol. The van der Waals surface area contributed by atoms with E-state index in [1.165, 1.54) is 24.7 Å². The summed E-state index contributed by atoms with van der Waals surface area (Å²) >= 11 is 1.55. The van der Waals surface area contributed by atoms with E-state index in [1.54, 1.807) is 30.1 Å². The molecule has 8 nitrogen and oxygen atoms in total. The summed E-state index contributed by atoms with van der Waals surface area (Å²) in [6.07, 6.45) is 8.08. The first-order valence-corrected chi connectivity index (χ1v) is 12.8.